The summed E-state index contributed by atoms with van der Waals surface area (Å²) in [6.45, 7) is 3.76. The van der Waals surface area contributed by atoms with Crippen molar-refractivity contribution in [2.45, 2.75) is 38.5 Å². The lowest BCUT2D eigenvalue weighted by atomic mass is 9.91. The molecule has 1 aromatic heterocycles. The summed E-state index contributed by atoms with van der Waals surface area (Å²) in [4.78, 5) is 14.8. The van der Waals surface area contributed by atoms with Crippen molar-refractivity contribution in [3.63, 3.8) is 0 Å². The van der Waals surface area contributed by atoms with Crippen molar-refractivity contribution >= 4 is 16.9 Å². The molecule has 39 heavy (non-hydrogen) atoms. The third kappa shape index (κ3) is 4.96. The SMILES string of the molecule is CC(C)(O)Cn1nnc2cc(-c3ccc(C(=O)N4CC[C@H](N)C4)cc3-c3ccc(C#N)c(F)c3)c(F)c(F)c21. The van der Waals surface area contributed by atoms with Crippen LogP contribution in [0.4, 0.5) is 13.2 Å². The van der Waals surface area contributed by atoms with Crippen LogP contribution in [0.3, 0.4) is 0 Å². The van der Waals surface area contributed by atoms with Gasteiger partial charge in [-0.15, -0.1) is 5.10 Å². The van der Waals surface area contributed by atoms with Crippen molar-refractivity contribution in [1.29, 1.82) is 5.26 Å². The summed E-state index contributed by atoms with van der Waals surface area (Å²) in [6.07, 6.45) is 0.663. The zero-order chi connectivity index (χ0) is 28.1. The van der Waals surface area contributed by atoms with Crippen LogP contribution in [-0.2, 0) is 6.54 Å². The number of hydrogen-bond acceptors (Lipinski definition) is 6. The number of hydrogen-bond donors (Lipinski definition) is 2. The van der Waals surface area contributed by atoms with E-state index in [0.29, 0.717) is 19.5 Å². The quantitative estimate of drug-likeness (QED) is 0.399. The van der Waals surface area contributed by atoms with Crippen LogP contribution < -0.4 is 5.73 Å². The average molecular weight is 535 g/mol. The van der Waals surface area contributed by atoms with Gasteiger partial charge in [0.15, 0.2) is 11.6 Å². The normalized spacial score (nSPS) is 15.6. The highest BCUT2D eigenvalue weighted by atomic mass is 19.2. The molecule has 3 N–H and O–H groups in total. The molecule has 1 fully saturated rings. The standard InChI is InChI=1S/C28H25F3N6O2/c1-28(2,39)14-37-26-23(34-35-37)11-21(24(30)25(26)31)19-6-5-16(27(38)36-8-7-18(33)13-36)9-20(19)15-3-4-17(12-32)22(29)10-15/h3-6,9-11,18,39H,7-8,13-14,33H2,1-2H3/t18-/m0/s1. The molecule has 1 aliphatic heterocycles. The number of nitrogens with zero attached hydrogens (tertiary/aromatic N) is 5. The Morgan fingerprint density at radius 1 is 1.13 bits per heavy atom. The lowest BCUT2D eigenvalue weighted by molar-refractivity contribution is 0.0583. The number of rotatable bonds is 5. The number of nitriles is 1. The average Bonchev–Trinajstić information content (AvgIpc) is 3.50. The van der Waals surface area contributed by atoms with E-state index in [1.54, 1.807) is 11.0 Å². The first kappa shape index (κ1) is 26.3. The van der Waals surface area contributed by atoms with Gasteiger partial charge in [-0.05, 0) is 67.3 Å². The van der Waals surface area contributed by atoms with Gasteiger partial charge in [0.2, 0.25) is 0 Å². The Balaban J connectivity index is 1.69. The van der Waals surface area contributed by atoms with Crippen LogP contribution in [0.1, 0.15) is 36.2 Å². The van der Waals surface area contributed by atoms with Gasteiger partial charge >= 0.3 is 0 Å². The fraction of sp³-hybridized carbons (Fsp3) is 0.286. The molecule has 1 atom stereocenters. The smallest absolute Gasteiger partial charge is 0.253 e. The molecule has 2 heterocycles. The van der Waals surface area contributed by atoms with Gasteiger partial charge in [-0.3, -0.25) is 4.79 Å². The summed E-state index contributed by atoms with van der Waals surface area (Å²) in [5.74, 6) is -3.48. The van der Waals surface area contributed by atoms with Crippen LogP contribution in [0, 0.1) is 28.8 Å². The van der Waals surface area contributed by atoms with Crippen molar-refractivity contribution in [1.82, 2.24) is 19.9 Å². The first-order valence-corrected chi connectivity index (χ1v) is 12.3. The maximum atomic E-state index is 15.6. The number of fused-ring (bicyclic) bond motifs is 1. The molecule has 3 aromatic carbocycles. The van der Waals surface area contributed by atoms with Crippen molar-refractivity contribution in [3.05, 3.63) is 71.0 Å². The first-order valence-electron chi connectivity index (χ1n) is 12.3. The van der Waals surface area contributed by atoms with Crippen LogP contribution >= 0.6 is 0 Å². The van der Waals surface area contributed by atoms with Gasteiger partial charge in [-0.1, -0.05) is 17.3 Å². The molecule has 200 valence electrons. The maximum Gasteiger partial charge on any atom is 0.253 e. The van der Waals surface area contributed by atoms with Gasteiger partial charge < -0.3 is 15.7 Å². The van der Waals surface area contributed by atoms with Crippen LogP contribution in [0.5, 0.6) is 0 Å². The fourth-order valence-electron chi connectivity index (χ4n) is 4.82. The van der Waals surface area contributed by atoms with Crippen LogP contribution in [0.25, 0.3) is 33.3 Å². The molecule has 0 unspecified atom stereocenters. The molecule has 0 bridgehead atoms. The number of nitrogens with two attached hydrogens (primary N) is 1. The van der Waals surface area contributed by atoms with E-state index in [0.717, 1.165) is 10.7 Å². The molecule has 0 aliphatic carbocycles. The Morgan fingerprint density at radius 3 is 2.54 bits per heavy atom. The maximum absolute atomic E-state index is 15.6. The number of carbonyl (C=O) groups excluding carboxylic acids is 1. The van der Waals surface area contributed by atoms with E-state index in [9.17, 15) is 14.3 Å². The van der Waals surface area contributed by atoms with E-state index in [1.807, 2.05) is 0 Å². The Bertz CT molecular complexity index is 1650. The Morgan fingerprint density at radius 2 is 1.90 bits per heavy atom. The third-order valence-corrected chi connectivity index (χ3v) is 6.69. The number of amides is 1. The predicted molar refractivity (Wildman–Crippen MR) is 138 cm³/mol. The highest BCUT2D eigenvalue weighted by Crippen LogP contribution is 2.38. The number of likely N-dealkylation sites (tertiary alicyclic amines) is 1. The topological polar surface area (TPSA) is 121 Å². The first-order chi connectivity index (χ1) is 18.5. The molecule has 0 spiro atoms. The largest absolute Gasteiger partial charge is 0.389 e. The summed E-state index contributed by atoms with van der Waals surface area (Å²) in [5.41, 5.74) is 5.17. The molecule has 1 aliphatic rings. The molecular weight excluding hydrogens is 509 g/mol. The Kier molecular flexibility index (Phi) is 6.62. The van der Waals surface area contributed by atoms with E-state index in [1.165, 1.54) is 50.2 Å². The molecule has 11 heteroatoms. The monoisotopic (exact) mass is 534 g/mol. The molecule has 5 rings (SSSR count). The van der Waals surface area contributed by atoms with E-state index in [4.69, 9.17) is 11.0 Å². The van der Waals surface area contributed by atoms with Crippen molar-refractivity contribution in [3.8, 4) is 28.3 Å². The minimum atomic E-state index is -1.25. The predicted octanol–water partition coefficient (Wildman–Crippen LogP) is 4.00. The van der Waals surface area contributed by atoms with Crippen LogP contribution in [0.2, 0.25) is 0 Å². The molecule has 4 aromatic rings. The lowest BCUT2D eigenvalue weighted by Gasteiger charge is -2.19. The fourth-order valence-corrected chi connectivity index (χ4v) is 4.82. The summed E-state index contributed by atoms with van der Waals surface area (Å²) in [6, 6.07) is 11.3. The number of carbonyl (C=O) groups is 1. The molecule has 0 radical (unpaired) electrons. The number of halogens is 3. The highest BCUT2D eigenvalue weighted by molar-refractivity contribution is 5.98. The third-order valence-electron chi connectivity index (χ3n) is 6.69. The number of aliphatic hydroxyl groups is 1. The van der Waals surface area contributed by atoms with Gasteiger partial charge in [0.05, 0.1) is 17.7 Å². The van der Waals surface area contributed by atoms with Gasteiger partial charge in [0.1, 0.15) is 22.9 Å². The molecule has 0 saturated carbocycles. The van der Waals surface area contributed by atoms with Gasteiger partial charge in [0.25, 0.3) is 5.91 Å². The van der Waals surface area contributed by atoms with Gasteiger partial charge in [-0.2, -0.15) is 5.26 Å². The summed E-state index contributed by atoms with van der Waals surface area (Å²) >= 11 is 0. The van der Waals surface area contributed by atoms with Crippen molar-refractivity contribution < 1.29 is 23.1 Å². The van der Waals surface area contributed by atoms with E-state index >= 15 is 8.78 Å². The van der Waals surface area contributed by atoms with Crippen LogP contribution in [-0.4, -0.2) is 55.6 Å². The Labute approximate surface area is 222 Å². The second-order valence-corrected chi connectivity index (χ2v) is 10.3. The second kappa shape index (κ2) is 9.80. The zero-order valence-electron chi connectivity index (χ0n) is 21.3. The lowest BCUT2D eigenvalue weighted by Crippen LogP contribution is -2.31. The number of benzene rings is 3. The molecule has 1 amide bonds. The minimum absolute atomic E-state index is 0.0521. The van der Waals surface area contributed by atoms with Crippen molar-refractivity contribution in [2.24, 2.45) is 5.73 Å². The number of aromatic nitrogens is 3. The van der Waals surface area contributed by atoms with E-state index in [-0.39, 0.29) is 62.9 Å². The zero-order valence-corrected chi connectivity index (χ0v) is 21.3. The van der Waals surface area contributed by atoms with Gasteiger partial charge in [-0.25, -0.2) is 17.9 Å². The minimum Gasteiger partial charge on any atom is -0.389 e. The molecule has 1 saturated heterocycles. The highest BCUT2D eigenvalue weighted by Gasteiger charge is 2.27. The molecule has 8 nitrogen and oxygen atoms in total. The van der Waals surface area contributed by atoms with Crippen LogP contribution in [0.15, 0.2) is 42.5 Å². The van der Waals surface area contributed by atoms with E-state index < -0.39 is 23.1 Å². The summed E-state index contributed by atoms with van der Waals surface area (Å²) in [7, 11) is 0. The Hall–Kier alpha value is -4.27. The summed E-state index contributed by atoms with van der Waals surface area (Å²) < 4.78 is 46.8. The van der Waals surface area contributed by atoms with Crippen molar-refractivity contribution in [2.75, 3.05) is 13.1 Å². The van der Waals surface area contributed by atoms with E-state index in [2.05, 4.69) is 10.3 Å². The second-order valence-electron chi connectivity index (χ2n) is 10.3. The van der Waals surface area contributed by atoms with Gasteiger partial charge in [0, 0.05) is 30.3 Å². The summed E-state index contributed by atoms with van der Waals surface area (Å²) in [5, 5.41) is 27.1. The molecular formula is C28H25F3N6O2.